The number of hydrogen-bond acceptors (Lipinski definition) is 1. The Bertz CT molecular complexity index is 673. The van der Waals surface area contributed by atoms with Gasteiger partial charge in [-0.2, -0.15) is 0 Å². The molecule has 1 atom stereocenters. The van der Waals surface area contributed by atoms with E-state index in [1.165, 1.54) is 16.7 Å². The molecular formula is C20H23BrO. The zero-order chi connectivity index (χ0) is 16.0. The van der Waals surface area contributed by atoms with Crippen LogP contribution in [0, 0.1) is 0 Å². The Hall–Kier alpha value is -1.12. The molecule has 2 aromatic carbocycles. The average molecular weight is 359 g/mol. The van der Waals surface area contributed by atoms with Crippen molar-refractivity contribution in [2.45, 2.75) is 51.2 Å². The summed E-state index contributed by atoms with van der Waals surface area (Å²) in [5.74, 6) is 0. The number of benzene rings is 2. The maximum absolute atomic E-state index is 6.43. The van der Waals surface area contributed by atoms with E-state index in [4.69, 9.17) is 4.74 Å². The van der Waals surface area contributed by atoms with Crippen LogP contribution < -0.4 is 0 Å². The van der Waals surface area contributed by atoms with Crippen LogP contribution in [0.5, 0.6) is 0 Å². The molecule has 0 saturated carbocycles. The number of halogens is 1. The van der Waals surface area contributed by atoms with Crippen molar-refractivity contribution in [2.75, 3.05) is 0 Å². The molecule has 0 fully saturated rings. The normalized spacial score (nSPS) is 21.6. The third-order valence-electron chi connectivity index (χ3n) is 4.94. The topological polar surface area (TPSA) is 9.23 Å². The molecule has 0 radical (unpaired) electrons. The zero-order valence-electron chi connectivity index (χ0n) is 13.7. The maximum Gasteiger partial charge on any atom is 0.0762 e. The highest BCUT2D eigenvalue weighted by Crippen LogP contribution is 2.51. The van der Waals surface area contributed by atoms with Crippen LogP contribution in [-0.4, -0.2) is 6.10 Å². The predicted molar refractivity (Wildman–Crippen MR) is 95.2 cm³/mol. The smallest absolute Gasteiger partial charge is 0.0762 e. The molecule has 1 unspecified atom stereocenters. The van der Waals surface area contributed by atoms with Gasteiger partial charge in [-0.1, -0.05) is 80.0 Å². The van der Waals surface area contributed by atoms with E-state index in [1.807, 2.05) is 6.07 Å². The van der Waals surface area contributed by atoms with Crippen molar-refractivity contribution < 1.29 is 4.74 Å². The zero-order valence-corrected chi connectivity index (χ0v) is 15.3. The minimum atomic E-state index is -0.00259. The molecule has 2 aromatic rings. The lowest BCUT2D eigenvalue weighted by atomic mass is 9.78. The predicted octanol–water partition coefficient (Wildman–Crippen LogP) is 5.60. The molecule has 0 aromatic heterocycles. The fourth-order valence-corrected chi connectivity index (χ4v) is 4.33. The molecule has 1 aliphatic carbocycles. The van der Waals surface area contributed by atoms with Gasteiger partial charge in [0.25, 0.3) is 0 Å². The SMILES string of the molecule is CC1(C)c2ccc(Br)cc2C(C)(C)C1OCc1ccccc1. The molecule has 3 rings (SSSR count). The van der Waals surface area contributed by atoms with Gasteiger partial charge in [-0.05, 0) is 28.8 Å². The van der Waals surface area contributed by atoms with Crippen LogP contribution in [0.25, 0.3) is 0 Å². The summed E-state index contributed by atoms with van der Waals surface area (Å²) in [6.45, 7) is 9.84. The van der Waals surface area contributed by atoms with Gasteiger partial charge in [0, 0.05) is 15.3 Å². The van der Waals surface area contributed by atoms with Gasteiger partial charge in [0.1, 0.15) is 0 Å². The highest BCUT2D eigenvalue weighted by atomic mass is 79.9. The second-order valence-corrected chi connectivity index (χ2v) is 8.23. The fraction of sp³-hybridized carbons (Fsp3) is 0.400. The van der Waals surface area contributed by atoms with Gasteiger partial charge in [0.15, 0.2) is 0 Å². The van der Waals surface area contributed by atoms with E-state index in [0.717, 1.165) is 4.47 Å². The second-order valence-electron chi connectivity index (χ2n) is 7.31. The lowest BCUT2D eigenvalue weighted by Crippen LogP contribution is -2.41. The molecule has 1 aliphatic rings. The lowest BCUT2D eigenvalue weighted by Gasteiger charge is -2.36. The van der Waals surface area contributed by atoms with Gasteiger partial charge < -0.3 is 4.74 Å². The van der Waals surface area contributed by atoms with Gasteiger partial charge in [0.2, 0.25) is 0 Å². The molecule has 0 heterocycles. The van der Waals surface area contributed by atoms with E-state index in [-0.39, 0.29) is 16.9 Å². The summed E-state index contributed by atoms with van der Waals surface area (Å²) in [7, 11) is 0. The summed E-state index contributed by atoms with van der Waals surface area (Å²) in [6.07, 6.45) is 0.157. The molecule has 1 nitrogen and oxygen atoms in total. The Morgan fingerprint density at radius 1 is 0.909 bits per heavy atom. The van der Waals surface area contributed by atoms with E-state index in [9.17, 15) is 0 Å². The summed E-state index contributed by atoms with van der Waals surface area (Å²) in [5, 5.41) is 0. The van der Waals surface area contributed by atoms with E-state index in [2.05, 4.69) is 86.1 Å². The molecule has 0 N–H and O–H groups in total. The Morgan fingerprint density at radius 3 is 2.23 bits per heavy atom. The summed E-state index contributed by atoms with van der Waals surface area (Å²) in [4.78, 5) is 0. The third-order valence-corrected chi connectivity index (χ3v) is 5.43. The average Bonchev–Trinajstić information content (AvgIpc) is 2.61. The van der Waals surface area contributed by atoms with Gasteiger partial charge >= 0.3 is 0 Å². The van der Waals surface area contributed by atoms with E-state index < -0.39 is 0 Å². The van der Waals surface area contributed by atoms with Crippen LogP contribution in [-0.2, 0) is 22.2 Å². The van der Waals surface area contributed by atoms with Crippen molar-refractivity contribution in [2.24, 2.45) is 0 Å². The van der Waals surface area contributed by atoms with Crippen molar-refractivity contribution in [3.05, 3.63) is 69.7 Å². The lowest BCUT2D eigenvalue weighted by molar-refractivity contribution is -0.0339. The molecule has 0 amide bonds. The van der Waals surface area contributed by atoms with Gasteiger partial charge in [-0.3, -0.25) is 0 Å². The minimum Gasteiger partial charge on any atom is -0.372 e. The highest BCUT2D eigenvalue weighted by Gasteiger charge is 2.51. The van der Waals surface area contributed by atoms with E-state index in [1.54, 1.807) is 0 Å². The van der Waals surface area contributed by atoms with Crippen molar-refractivity contribution in [1.29, 1.82) is 0 Å². The Labute approximate surface area is 141 Å². The van der Waals surface area contributed by atoms with E-state index >= 15 is 0 Å². The molecule has 2 heteroatoms. The van der Waals surface area contributed by atoms with Gasteiger partial charge in [-0.15, -0.1) is 0 Å². The minimum absolute atomic E-state index is 0.00259. The van der Waals surface area contributed by atoms with Crippen molar-refractivity contribution >= 4 is 15.9 Å². The van der Waals surface area contributed by atoms with Crippen molar-refractivity contribution in [1.82, 2.24) is 0 Å². The van der Waals surface area contributed by atoms with Crippen LogP contribution in [0.3, 0.4) is 0 Å². The first kappa shape index (κ1) is 15.8. The monoisotopic (exact) mass is 358 g/mol. The number of hydrogen-bond donors (Lipinski definition) is 0. The van der Waals surface area contributed by atoms with Crippen LogP contribution in [0.15, 0.2) is 53.0 Å². The third kappa shape index (κ3) is 2.53. The highest BCUT2D eigenvalue weighted by molar-refractivity contribution is 9.10. The van der Waals surface area contributed by atoms with Crippen LogP contribution in [0.4, 0.5) is 0 Å². The Morgan fingerprint density at radius 2 is 1.55 bits per heavy atom. The summed E-state index contributed by atoms with van der Waals surface area (Å²) < 4.78 is 7.56. The first-order chi connectivity index (χ1) is 10.3. The first-order valence-electron chi connectivity index (χ1n) is 7.79. The maximum atomic E-state index is 6.43. The summed E-state index contributed by atoms with van der Waals surface area (Å²) >= 11 is 3.61. The standard InChI is InChI=1S/C20H23BrO/c1-19(2)16-11-10-15(21)12-17(16)20(3,4)18(19)22-13-14-8-6-5-7-9-14/h5-12,18H,13H2,1-4H3. The molecule has 0 spiro atoms. The van der Waals surface area contributed by atoms with Crippen LogP contribution >= 0.6 is 15.9 Å². The Kier molecular flexibility index (Phi) is 3.94. The molecule has 0 bridgehead atoms. The number of rotatable bonds is 3. The van der Waals surface area contributed by atoms with Gasteiger partial charge in [-0.25, -0.2) is 0 Å². The molecule has 0 aliphatic heterocycles. The Balaban J connectivity index is 1.92. The van der Waals surface area contributed by atoms with Crippen molar-refractivity contribution in [3.8, 4) is 0 Å². The quantitative estimate of drug-likeness (QED) is 0.693. The molecule has 116 valence electrons. The fourth-order valence-electron chi connectivity index (χ4n) is 3.97. The first-order valence-corrected chi connectivity index (χ1v) is 8.59. The summed E-state index contributed by atoms with van der Waals surface area (Å²) in [6, 6.07) is 17.1. The number of ether oxygens (including phenoxy) is 1. The van der Waals surface area contributed by atoms with Crippen LogP contribution in [0.1, 0.15) is 44.4 Å². The largest absolute Gasteiger partial charge is 0.372 e. The van der Waals surface area contributed by atoms with Crippen molar-refractivity contribution in [3.63, 3.8) is 0 Å². The summed E-state index contributed by atoms with van der Waals surface area (Å²) in [5.41, 5.74) is 4.03. The number of fused-ring (bicyclic) bond motifs is 1. The van der Waals surface area contributed by atoms with E-state index in [0.29, 0.717) is 6.61 Å². The molecule has 22 heavy (non-hydrogen) atoms. The van der Waals surface area contributed by atoms with Crippen LogP contribution in [0.2, 0.25) is 0 Å². The van der Waals surface area contributed by atoms with Gasteiger partial charge in [0.05, 0.1) is 12.7 Å². The molecule has 0 saturated heterocycles. The molecular weight excluding hydrogens is 336 g/mol. The second kappa shape index (κ2) is 5.50.